The molecule has 0 spiro atoms. The van der Waals surface area contributed by atoms with Gasteiger partial charge in [0.25, 0.3) is 0 Å². The van der Waals surface area contributed by atoms with E-state index in [1.165, 1.54) is 31.2 Å². The fourth-order valence-electron chi connectivity index (χ4n) is 2.50. The van der Waals surface area contributed by atoms with Crippen LogP contribution in [0.15, 0.2) is 54.6 Å². The smallest absolute Gasteiger partial charge is 0.120 e. The Labute approximate surface area is 146 Å². The molecule has 130 valence electrons. The third kappa shape index (κ3) is 7.51. The SMILES string of the molecule is CNCCCCCCCOc1ccc(OCc2ccccc2)cc1. The summed E-state index contributed by atoms with van der Waals surface area (Å²) in [5.74, 6) is 1.79. The molecule has 24 heavy (non-hydrogen) atoms. The molecule has 0 saturated heterocycles. The maximum atomic E-state index is 5.78. The van der Waals surface area contributed by atoms with Gasteiger partial charge >= 0.3 is 0 Å². The van der Waals surface area contributed by atoms with Crippen molar-refractivity contribution in [3.8, 4) is 11.5 Å². The lowest BCUT2D eigenvalue weighted by molar-refractivity contribution is 0.297. The first kappa shape index (κ1) is 18.3. The first-order valence-electron chi connectivity index (χ1n) is 8.92. The molecular weight excluding hydrogens is 298 g/mol. The summed E-state index contributed by atoms with van der Waals surface area (Å²) in [7, 11) is 2.01. The number of benzene rings is 2. The van der Waals surface area contributed by atoms with Crippen LogP contribution in [0.2, 0.25) is 0 Å². The average molecular weight is 327 g/mol. The van der Waals surface area contributed by atoms with E-state index in [-0.39, 0.29) is 0 Å². The molecule has 1 N–H and O–H groups in total. The van der Waals surface area contributed by atoms with Crippen molar-refractivity contribution in [2.24, 2.45) is 0 Å². The highest BCUT2D eigenvalue weighted by molar-refractivity contribution is 5.31. The summed E-state index contributed by atoms with van der Waals surface area (Å²) in [6.45, 7) is 2.50. The number of ether oxygens (including phenoxy) is 2. The third-order valence-corrected chi connectivity index (χ3v) is 3.91. The molecule has 0 saturated carbocycles. The normalized spacial score (nSPS) is 10.5. The van der Waals surface area contributed by atoms with Gasteiger partial charge in [0, 0.05) is 0 Å². The zero-order valence-corrected chi connectivity index (χ0v) is 14.7. The van der Waals surface area contributed by atoms with Gasteiger partial charge in [0.05, 0.1) is 6.61 Å². The Morgan fingerprint density at radius 1 is 0.708 bits per heavy atom. The Morgan fingerprint density at radius 3 is 2.04 bits per heavy atom. The van der Waals surface area contributed by atoms with Crippen LogP contribution in [-0.4, -0.2) is 20.2 Å². The van der Waals surface area contributed by atoms with E-state index in [1.807, 2.05) is 49.5 Å². The van der Waals surface area contributed by atoms with Crippen molar-refractivity contribution in [1.29, 1.82) is 0 Å². The van der Waals surface area contributed by atoms with Gasteiger partial charge in [-0.1, -0.05) is 49.6 Å². The van der Waals surface area contributed by atoms with Gasteiger partial charge in [-0.2, -0.15) is 0 Å². The Hall–Kier alpha value is -2.00. The predicted octanol–water partition coefficient (Wildman–Crippen LogP) is 4.81. The first-order chi connectivity index (χ1) is 11.9. The van der Waals surface area contributed by atoms with Crippen LogP contribution in [-0.2, 0) is 6.61 Å². The zero-order valence-electron chi connectivity index (χ0n) is 14.7. The second-order valence-electron chi connectivity index (χ2n) is 5.97. The molecule has 2 rings (SSSR count). The Morgan fingerprint density at radius 2 is 1.33 bits per heavy atom. The van der Waals surface area contributed by atoms with Crippen LogP contribution in [0.4, 0.5) is 0 Å². The van der Waals surface area contributed by atoms with Gasteiger partial charge in [0.1, 0.15) is 18.1 Å². The zero-order chi connectivity index (χ0) is 16.9. The lowest BCUT2D eigenvalue weighted by atomic mass is 10.1. The Bertz CT molecular complexity index is 540. The molecule has 0 aliphatic rings. The highest BCUT2D eigenvalue weighted by atomic mass is 16.5. The molecule has 2 aromatic carbocycles. The molecule has 0 fully saturated rings. The highest BCUT2D eigenvalue weighted by Crippen LogP contribution is 2.19. The van der Waals surface area contributed by atoms with E-state index < -0.39 is 0 Å². The fraction of sp³-hybridized carbons (Fsp3) is 0.429. The van der Waals surface area contributed by atoms with Crippen LogP contribution in [0.5, 0.6) is 11.5 Å². The number of hydrogen-bond donors (Lipinski definition) is 1. The molecule has 3 nitrogen and oxygen atoms in total. The number of hydrogen-bond acceptors (Lipinski definition) is 3. The quantitative estimate of drug-likeness (QED) is 0.567. The van der Waals surface area contributed by atoms with Gasteiger partial charge in [-0.3, -0.25) is 0 Å². The third-order valence-electron chi connectivity index (χ3n) is 3.91. The molecule has 0 atom stereocenters. The van der Waals surface area contributed by atoms with Crippen LogP contribution in [0.25, 0.3) is 0 Å². The molecule has 2 aromatic rings. The molecular formula is C21H29NO2. The number of unbranched alkanes of at least 4 members (excludes halogenated alkanes) is 4. The van der Waals surface area contributed by atoms with Gasteiger partial charge in [-0.25, -0.2) is 0 Å². The first-order valence-corrected chi connectivity index (χ1v) is 8.92. The summed E-state index contributed by atoms with van der Waals surface area (Å²) in [5, 5.41) is 3.18. The van der Waals surface area contributed by atoms with Crippen LogP contribution >= 0.6 is 0 Å². The van der Waals surface area contributed by atoms with Gasteiger partial charge in [0.2, 0.25) is 0 Å². The molecule has 3 heteroatoms. The Kier molecular flexibility index (Phi) is 8.81. The molecule has 0 aromatic heterocycles. The maximum Gasteiger partial charge on any atom is 0.120 e. The monoisotopic (exact) mass is 327 g/mol. The van der Waals surface area contributed by atoms with Gasteiger partial charge in [-0.15, -0.1) is 0 Å². The van der Waals surface area contributed by atoms with E-state index in [0.29, 0.717) is 6.61 Å². The van der Waals surface area contributed by atoms with Crippen LogP contribution in [0.1, 0.15) is 37.7 Å². The minimum absolute atomic E-state index is 0.592. The van der Waals surface area contributed by atoms with Gasteiger partial charge in [0.15, 0.2) is 0 Å². The molecule has 0 unspecified atom stereocenters. The van der Waals surface area contributed by atoms with Crippen LogP contribution in [0, 0.1) is 0 Å². The molecule has 0 bridgehead atoms. The summed E-state index contributed by atoms with van der Waals surface area (Å²) in [5.41, 5.74) is 1.17. The van der Waals surface area contributed by atoms with E-state index in [2.05, 4.69) is 17.4 Å². The average Bonchev–Trinajstić information content (AvgIpc) is 2.64. The van der Waals surface area contributed by atoms with Crippen molar-refractivity contribution >= 4 is 0 Å². The fourth-order valence-corrected chi connectivity index (χ4v) is 2.50. The number of nitrogens with one attached hydrogen (secondary N) is 1. The van der Waals surface area contributed by atoms with Crippen molar-refractivity contribution in [3.05, 3.63) is 60.2 Å². The topological polar surface area (TPSA) is 30.5 Å². The Balaban J connectivity index is 1.58. The second-order valence-corrected chi connectivity index (χ2v) is 5.97. The van der Waals surface area contributed by atoms with Crippen molar-refractivity contribution in [2.45, 2.75) is 38.7 Å². The standard InChI is InChI=1S/C21H29NO2/c1-22-16-8-3-2-4-9-17-23-20-12-14-21(15-13-20)24-18-19-10-6-5-7-11-19/h5-7,10-15,22H,2-4,8-9,16-18H2,1H3. The highest BCUT2D eigenvalue weighted by Gasteiger charge is 1.98. The summed E-state index contributed by atoms with van der Waals surface area (Å²) in [6, 6.07) is 18.1. The van der Waals surface area contributed by atoms with Crippen LogP contribution in [0.3, 0.4) is 0 Å². The van der Waals surface area contributed by atoms with Crippen molar-refractivity contribution < 1.29 is 9.47 Å². The summed E-state index contributed by atoms with van der Waals surface area (Å²) in [4.78, 5) is 0. The van der Waals surface area contributed by atoms with E-state index in [1.54, 1.807) is 0 Å². The summed E-state index contributed by atoms with van der Waals surface area (Å²) in [6.07, 6.45) is 6.21. The van der Waals surface area contributed by atoms with E-state index >= 15 is 0 Å². The van der Waals surface area contributed by atoms with Gasteiger partial charge < -0.3 is 14.8 Å². The lowest BCUT2D eigenvalue weighted by Gasteiger charge is -2.09. The minimum atomic E-state index is 0.592. The minimum Gasteiger partial charge on any atom is -0.494 e. The molecule has 0 radical (unpaired) electrons. The molecule has 0 amide bonds. The summed E-state index contributed by atoms with van der Waals surface area (Å²) >= 11 is 0. The van der Waals surface area contributed by atoms with Gasteiger partial charge in [-0.05, 0) is 56.3 Å². The van der Waals surface area contributed by atoms with Crippen molar-refractivity contribution in [2.75, 3.05) is 20.2 Å². The van der Waals surface area contributed by atoms with Crippen LogP contribution < -0.4 is 14.8 Å². The lowest BCUT2D eigenvalue weighted by Crippen LogP contribution is -2.07. The maximum absolute atomic E-state index is 5.78. The second kappa shape index (κ2) is 11.5. The molecule has 0 aliphatic heterocycles. The van der Waals surface area contributed by atoms with E-state index in [9.17, 15) is 0 Å². The van der Waals surface area contributed by atoms with Crippen molar-refractivity contribution in [3.63, 3.8) is 0 Å². The van der Waals surface area contributed by atoms with E-state index in [4.69, 9.17) is 9.47 Å². The number of rotatable bonds is 12. The molecule has 0 aliphatic carbocycles. The largest absolute Gasteiger partial charge is 0.494 e. The summed E-state index contributed by atoms with van der Waals surface area (Å²) < 4.78 is 11.6. The van der Waals surface area contributed by atoms with E-state index in [0.717, 1.165) is 31.1 Å². The predicted molar refractivity (Wildman–Crippen MR) is 99.7 cm³/mol. The van der Waals surface area contributed by atoms with Crippen molar-refractivity contribution in [1.82, 2.24) is 5.32 Å². The molecule has 0 heterocycles.